The van der Waals surface area contributed by atoms with Crippen LogP contribution in [0.25, 0.3) is 0 Å². The molecule has 1 aliphatic heterocycles. The summed E-state index contributed by atoms with van der Waals surface area (Å²) in [5.74, 6) is 1.04. The average molecular weight is 271 g/mol. The first-order valence-corrected chi connectivity index (χ1v) is 7.74. The second-order valence-electron chi connectivity index (χ2n) is 4.16. The van der Waals surface area contributed by atoms with Gasteiger partial charge < -0.3 is 4.74 Å². The van der Waals surface area contributed by atoms with Gasteiger partial charge in [0, 0.05) is 0 Å². The van der Waals surface area contributed by atoms with Crippen molar-refractivity contribution in [3.63, 3.8) is 0 Å². The lowest BCUT2D eigenvalue weighted by molar-refractivity contribution is 0.176. The molecule has 91 valence electrons. The molecule has 2 aromatic rings. The maximum Gasteiger partial charge on any atom is 0.124 e. The third-order valence-corrected chi connectivity index (χ3v) is 3.09. The largest absolute Gasteiger partial charge is 0.485 e. The molecule has 1 atom stereocenters. The number of thiol groups is 1. The standard InChI is InChI=1S/C15H14O.HSSi/c1-2-6-12(7-3-1)15-11-10-13-8-4-5-9-14(13)16-15;1-2/h1-9,15H,10-11H2;1H. The predicted molar refractivity (Wildman–Crippen MR) is 79.3 cm³/mol. The molecular weight excluding hydrogens is 256 g/mol. The van der Waals surface area contributed by atoms with Gasteiger partial charge in [-0.2, -0.15) is 0 Å². The van der Waals surface area contributed by atoms with Crippen molar-refractivity contribution in [1.29, 1.82) is 0 Å². The number of hydrogen-bond acceptors (Lipinski definition) is 2. The minimum Gasteiger partial charge on any atom is -0.485 e. The van der Waals surface area contributed by atoms with Gasteiger partial charge in [-0.3, -0.25) is 0 Å². The molecule has 0 saturated carbocycles. The molecular formula is C15H15OSSi. The summed E-state index contributed by atoms with van der Waals surface area (Å²) in [5, 5.41) is 0. The second kappa shape index (κ2) is 6.66. The average Bonchev–Trinajstić information content (AvgIpc) is 2.50. The summed E-state index contributed by atoms with van der Waals surface area (Å²) in [4.78, 5) is 0. The van der Waals surface area contributed by atoms with Crippen molar-refractivity contribution in [2.75, 3.05) is 0 Å². The second-order valence-corrected chi connectivity index (χ2v) is 4.16. The highest BCUT2D eigenvalue weighted by Crippen LogP contribution is 2.34. The van der Waals surface area contributed by atoms with Crippen LogP contribution in [0.3, 0.4) is 0 Å². The first kappa shape index (κ1) is 13.2. The van der Waals surface area contributed by atoms with Gasteiger partial charge in [-0.05, 0) is 30.0 Å². The van der Waals surface area contributed by atoms with Crippen LogP contribution in [0, 0.1) is 0 Å². The van der Waals surface area contributed by atoms with Gasteiger partial charge >= 0.3 is 0 Å². The van der Waals surface area contributed by atoms with E-state index in [2.05, 4.69) is 63.9 Å². The Morgan fingerprint density at radius 1 is 0.944 bits per heavy atom. The van der Waals surface area contributed by atoms with Crippen molar-refractivity contribution in [3.8, 4) is 5.75 Å². The number of benzene rings is 2. The van der Waals surface area contributed by atoms with Crippen molar-refractivity contribution in [1.82, 2.24) is 0 Å². The minimum absolute atomic E-state index is 0.219. The zero-order chi connectivity index (χ0) is 12.8. The van der Waals surface area contributed by atoms with E-state index in [1.165, 1.54) is 11.1 Å². The van der Waals surface area contributed by atoms with Gasteiger partial charge in [0.25, 0.3) is 0 Å². The Balaban J connectivity index is 0.000000574. The van der Waals surface area contributed by atoms with E-state index in [9.17, 15) is 0 Å². The molecule has 0 amide bonds. The van der Waals surface area contributed by atoms with Crippen LogP contribution in [0.1, 0.15) is 23.7 Å². The molecule has 3 radical (unpaired) electrons. The highest BCUT2D eigenvalue weighted by atomic mass is 32.3. The first-order valence-electron chi connectivity index (χ1n) is 5.95. The van der Waals surface area contributed by atoms with E-state index in [1.54, 1.807) is 0 Å². The van der Waals surface area contributed by atoms with E-state index < -0.39 is 0 Å². The van der Waals surface area contributed by atoms with Crippen molar-refractivity contribution < 1.29 is 4.74 Å². The summed E-state index contributed by atoms with van der Waals surface area (Å²) in [6, 6.07) is 18.8. The summed E-state index contributed by atoms with van der Waals surface area (Å²) < 4.78 is 6.02. The molecule has 3 rings (SSSR count). The fraction of sp³-hybridized carbons (Fsp3) is 0.200. The number of rotatable bonds is 1. The van der Waals surface area contributed by atoms with Gasteiger partial charge in [0.1, 0.15) is 21.2 Å². The van der Waals surface area contributed by atoms with Gasteiger partial charge in [0.2, 0.25) is 0 Å². The number of fused-ring (bicyclic) bond motifs is 1. The van der Waals surface area contributed by atoms with E-state index in [0.717, 1.165) is 18.6 Å². The third-order valence-electron chi connectivity index (χ3n) is 3.09. The Morgan fingerprint density at radius 3 is 2.39 bits per heavy atom. The molecule has 0 aromatic heterocycles. The number of hydrogen-bond donors (Lipinski definition) is 1. The van der Waals surface area contributed by atoms with E-state index >= 15 is 0 Å². The Bertz CT molecular complexity index is 487. The highest BCUT2D eigenvalue weighted by Gasteiger charge is 2.20. The Hall–Kier alpha value is -1.19. The number of para-hydroxylation sites is 1. The molecule has 1 aliphatic rings. The molecule has 1 heterocycles. The predicted octanol–water partition coefficient (Wildman–Crippen LogP) is 3.75. The highest BCUT2D eigenvalue weighted by molar-refractivity contribution is 8.03. The molecule has 1 unspecified atom stereocenters. The van der Waals surface area contributed by atoms with Gasteiger partial charge in [0.05, 0.1) is 0 Å². The molecule has 18 heavy (non-hydrogen) atoms. The van der Waals surface area contributed by atoms with Crippen LogP contribution in [0.4, 0.5) is 0 Å². The van der Waals surface area contributed by atoms with Crippen molar-refractivity contribution >= 4 is 21.5 Å². The summed E-state index contributed by atoms with van der Waals surface area (Å²) >= 11 is 3.33. The summed E-state index contributed by atoms with van der Waals surface area (Å²) in [7, 11) is 2.67. The van der Waals surface area contributed by atoms with Gasteiger partial charge in [-0.15, -0.1) is 0 Å². The molecule has 0 spiro atoms. The Labute approximate surface area is 117 Å². The van der Waals surface area contributed by atoms with Crippen LogP contribution in [0.2, 0.25) is 0 Å². The van der Waals surface area contributed by atoms with Crippen LogP contribution in [-0.2, 0) is 6.42 Å². The molecule has 1 nitrogen and oxygen atoms in total. The fourth-order valence-corrected chi connectivity index (χ4v) is 2.23. The first-order chi connectivity index (χ1) is 8.93. The molecule has 0 aliphatic carbocycles. The van der Waals surface area contributed by atoms with Crippen LogP contribution in [-0.4, -0.2) is 9.39 Å². The molecule has 0 bridgehead atoms. The van der Waals surface area contributed by atoms with E-state index in [4.69, 9.17) is 4.74 Å². The van der Waals surface area contributed by atoms with E-state index in [1.807, 2.05) is 12.1 Å². The quantitative estimate of drug-likeness (QED) is 0.614. The van der Waals surface area contributed by atoms with Crippen LogP contribution in [0.15, 0.2) is 54.6 Å². The van der Waals surface area contributed by atoms with Gasteiger partial charge in [-0.1, -0.05) is 48.5 Å². The maximum absolute atomic E-state index is 6.02. The zero-order valence-electron chi connectivity index (χ0n) is 10.0. The van der Waals surface area contributed by atoms with E-state index in [-0.39, 0.29) is 6.10 Å². The van der Waals surface area contributed by atoms with Crippen molar-refractivity contribution in [2.45, 2.75) is 18.9 Å². The van der Waals surface area contributed by atoms with E-state index in [0.29, 0.717) is 0 Å². The summed E-state index contributed by atoms with van der Waals surface area (Å²) in [6.07, 6.45) is 2.40. The topological polar surface area (TPSA) is 9.23 Å². The maximum atomic E-state index is 6.02. The van der Waals surface area contributed by atoms with Crippen LogP contribution < -0.4 is 4.74 Å². The normalized spacial score (nSPS) is 16.9. The monoisotopic (exact) mass is 271 g/mol. The lowest BCUT2D eigenvalue weighted by Gasteiger charge is -2.26. The van der Waals surface area contributed by atoms with Crippen molar-refractivity contribution in [2.24, 2.45) is 0 Å². The van der Waals surface area contributed by atoms with Crippen LogP contribution >= 0.6 is 12.1 Å². The smallest absolute Gasteiger partial charge is 0.124 e. The van der Waals surface area contributed by atoms with Crippen molar-refractivity contribution in [3.05, 3.63) is 65.7 Å². The molecule has 0 fully saturated rings. The number of aryl methyl sites for hydroxylation is 1. The molecule has 3 heteroatoms. The zero-order valence-corrected chi connectivity index (χ0v) is 11.9. The molecule has 0 saturated heterocycles. The summed E-state index contributed by atoms with van der Waals surface area (Å²) in [5.41, 5.74) is 2.60. The summed E-state index contributed by atoms with van der Waals surface area (Å²) in [6.45, 7) is 0. The third kappa shape index (κ3) is 2.97. The van der Waals surface area contributed by atoms with Crippen LogP contribution in [0.5, 0.6) is 5.75 Å². The minimum atomic E-state index is 0.219. The molecule has 2 aromatic carbocycles. The SMILES string of the molecule is [Si]S.c1ccc(C2CCc3ccccc3O2)cc1. The van der Waals surface area contributed by atoms with Gasteiger partial charge in [0.15, 0.2) is 0 Å². The Morgan fingerprint density at radius 2 is 1.61 bits per heavy atom. The fourth-order valence-electron chi connectivity index (χ4n) is 2.23. The lowest BCUT2D eigenvalue weighted by Crippen LogP contribution is -2.14. The lowest BCUT2D eigenvalue weighted by atomic mass is 9.98. The molecule has 0 N–H and O–H groups in total. The number of ether oxygens (including phenoxy) is 1. The Kier molecular flexibility index (Phi) is 4.90. The van der Waals surface area contributed by atoms with Gasteiger partial charge in [-0.25, -0.2) is 12.1 Å².